The number of amides is 5. The van der Waals surface area contributed by atoms with Crippen LogP contribution in [0, 0.1) is 0 Å². The van der Waals surface area contributed by atoms with Gasteiger partial charge in [-0.2, -0.15) is 0 Å². The molecular weight excluding hydrogens is 538 g/mol. The lowest BCUT2D eigenvalue weighted by molar-refractivity contribution is -0.122. The Labute approximate surface area is 235 Å². The minimum Gasteiger partial charge on any atom is -0.493 e. The van der Waals surface area contributed by atoms with Crippen LogP contribution in [0.2, 0.25) is 5.02 Å². The van der Waals surface area contributed by atoms with Crippen molar-refractivity contribution in [1.29, 1.82) is 0 Å². The van der Waals surface area contributed by atoms with Crippen molar-refractivity contribution >= 4 is 52.8 Å². The maximum atomic E-state index is 13.4. The zero-order valence-electron chi connectivity index (χ0n) is 21.7. The maximum Gasteiger partial charge on any atom is 0.335 e. The topological polar surface area (TPSA) is 123 Å². The largest absolute Gasteiger partial charge is 0.493 e. The zero-order valence-corrected chi connectivity index (χ0v) is 22.5. The van der Waals surface area contributed by atoms with Gasteiger partial charge in [-0.3, -0.25) is 19.7 Å². The van der Waals surface area contributed by atoms with E-state index in [-0.39, 0.29) is 23.6 Å². The number of carbonyl (C=O) groups is 4. The maximum absolute atomic E-state index is 13.4. The van der Waals surface area contributed by atoms with Crippen molar-refractivity contribution in [3.8, 4) is 17.2 Å². The van der Waals surface area contributed by atoms with Gasteiger partial charge in [0.2, 0.25) is 0 Å². The first-order valence-corrected chi connectivity index (χ1v) is 12.7. The fraction of sp³-hybridized carbons (Fsp3) is 0.172. The number of carbonyl (C=O) groups excluding carboxylic acids is 4. The van der Waals surface area contributed by atoms with Crippen molar-refractivity contribution in [2.45, 2.75) is 13.3 Å². The molecule has 1 aliphatic heterocycles. The molecule has 0 aromatic heterocycles. The van der Waals surface area contributed by atoms with Gasteiger partial charge in [0.1, 0.15) is 11.3 Å². The van der Waals surface area contributed by atoms with Gasteiger partial charge in [0.25, 0.3) is 17.7 Å². The van der Waals surface area contributed by atoms with E-state index >= 15 is 0 Å². The molecule has 4 rings (SSSR count). The number of halogens is 1. The highest BCUT2D eigenvalue weighted by Crippen LogP contribution is 2.33. The highest BCUT2D eigenvalue weighted by Gasteiger charge is 2.37. The van der Waals surface area contributed by atoms with Gasteiger partial charge in [0.05, 0.1) is 19.4 Å². The van der Waals surface area contributed by atoms with Gasteiger partial charge in [-0.15, -0.1) is 0 Å². The van der Waals surface area contributed by atoms with Gasteiger partial charge in [-0.25, -0.2) is 9.69 Å². The second-order valence-corrected chi connectivity index (χ2v) is 8.96. The van der Waals surface area contributed by atoms with Crippen LogP contribution in [0.25, 0.3) is 6.08 Å². The molecule has 0 unspecified atom stereocenters. The minimum absolute atomic E-state index is 0.185. The number of imide groups is 2. The van der Waals surface area contributed by atoms with Crippen LogP contribution < -0.4 is 29.7 Å². The molecule has 0 aliphatic carbocycles. The molecule has 3 aromatic carbocycles. The number of ether oxygens (including phenoxy) is 3. The Morgan fingerprint density at radius 1 is 0.975 bits per heavy atom. The first-order chi connectivity index (χ1) is 19.3. The molecule has 0 spiro atoms. The van der Waals surface area contributed by atoms with Gasteiger partial charge < -0.3 is 19.5 Å². The van der Waals surface area contributed by atoms with E-state index in [0.29, 0.717) is 34.4 Å². The predicted octanol–water partition coefficient (Wildman–Crippen LogP) is 4.82. The Morgan fingerprint density at radius 3 is 2.45 bits per heavy atom. The van der Waals surface area contributed by atoms with Crippen LogP contribution in [-0.2, 0) is 14.4 Å². The summed E-state index contributed by atoms with van der Waals surface area (Å²) in [5.41, 5.74) is 0.788. The van der Waals surface area contributed by atoms with Crippen molar-refractivity contribution in [3.05, 3.63) is 82.9 Å². The molecule has 0 saturated carbocycles. The molecule has 206 valence electrons. The average Bonchev–Trinajstić information content (AvgIpc) is 2.95. The summed E-state index contributed by atoms with van der Waals surface area (Å²) in [4.78, 5) is 52.0. The molecule has 0 bridgehead atoms. The molecule has 40 heavy (non-hydrogen) atoms. The number of urea groups is 1. The molecule has 1 aliphatic rings. The van der Waals surface area contributed by atoms with E-state index in [1.165, 1.54) is 25.3 Å². The summed E-state index contributed by atoms with van der Waals surface area (Å²) in [6, 6.07) is 16.8. The number of anilines is 2. The van der Waals surface area contributed by atoms with E-state index in [1.54, 1.807) is 54.6 Å². The third-order valence-electron chi connectivity index (χ3n) is 5.67. The van der Waals surface area contributed by atoms with Gasteiger partial charge in [-0.05, 0) is 55.0 Å². The molecule has 10 nitrogen and oxygen atoms in total. The van der Waals surface area contributed by atoms with Crippen LogP contribution in [-0.4, -0.2) is 44.1 Å². The number of hydrogen-bond donors (Lipinski definition) is 2. The summed E-state index contributed by atoms with van der Waals surface area (Å²) in [5, 5.41) is 5.41. The van der Waals surface area contributed by atoms with Crippen LogP contribution in [0.4, 0.5) is 16.2 Å². The van der Waals surface area contributed by atoms with Gasteiger partial charge in [-0.1, -0.05) is 36.7 Å². The molecule has 2 N–H and O–H groups in total. The summed E-state index contributed by atoms with van der Waals surface area (Å²) in [5.74, 6) is -1.09. The molecule has 0 radical (unpaired) electrons. The molecular formula is C29H26ClN3O7. The number of rotatable bonds is 10. The molecule has 0 atom stereocenters. The molecule has 5 amide bonds. The minimum atomic E-state index is -0.903. The lowest BCUT2D eigenvalue weighted by Crippen LogP contribution is -2.54. The van der Waals surface area contributed by atoms with Crippen molar-refractivity contribution < 1.29 is 33.4 Å². The van der Waals surface area contributed by atoms with E-state index in [0.717, 1.165) is 11.3 Å². The normalized spacial score (nSPS) is 14.1. The first kappa shape index (κ1) is 28.2. The second-order valence-electron chi connectivity index (χ2n) is 8.52. The van der Waals surface area contributed by atoms with Crippen molar-refractivity contribution in [2.24, 2.45) is 0 Å². The molecule has 1 saturated heterocycles. The molecule has 1 fully saturated rings. The van der Waals surface area contributed by atoms with Crippen molar-refractivity contribution in [1.82, 2.24) is 5.32 Å². The zero-order chi connectivity index (χ0) is 28.6. The van der Waals surface area contributed by atoms with E-state index in [4.69, 9.17) is 25.8 Å². The summed E-state index contributed by atoms with van der Waals surface area (Å²) in [6.07, 6.45) is 2.09. The number of para-hydroxylation sites is 1. The van der Waals surface area contributed by atoms with Gasteiger partial charge in [0.15, 0.2) is 18.1 Å². The standard InChI is InChI=1S/C29H26ClN3O7/c1-3-14-39-24-13-12-21(16-25(24)38-2)33-28(36)22(27(35)32-29(33)37)15-18-6-4-5-7-23(18)40-17-26(34)31-20-10-8-19(30)9-11-20/h4-13,15-16H,3,14,17H2,1-2H3,(H,31,34)(H,32,35,37)/b22-15+. The van der Waals surface area contributed by atoms with Crippen LogP contribution in [0.15, 0.2) is 72.3 Å². The molecule has 11 heteroatoms. The second kappa shape index (κ2) is 12.8. The van der Waals surface area contributed by atoms with Crippen LogP contribution >= 0.6 is 11.6 Å². The van der Waals surface area contributed by atoms with Crippen LogP contribution in [0.3, 0.4) is 0 Å². The van der Waals surface area contributed by atoms with E-state index in [9.17, 15) is 19.2 Å². The lowest BCUT2D eigenvalue weighted by atomic mass is 10.1. The molecule has 3 aromatic rings. The van der Waals surface area contributed by atoms with Crippen molar-refractivity contribution in [2.75, 3.05) is 30.5 Å². The summed E-state index contributed by atoms with van der Waals surface area (Å²) < 4.78 is 16.7. The Kier molecular flexibility index (Phi) is 9.03. The number of benzene rings is 3. The SMILES string of the molecule is CCCOc1ccc(N2C(=O)NC(=O)/C(=C\c3ccccc3OCC(=O)Nc3ccc(Cl)cc3)C2=O)cc1OC. The third-order valence-corrected chi connectivity index (χ3v) is 5.93. The fourth-order valence-electron chi connectivity index (χ4n) is 3.78. The van der Waals surface area contributed by atoms with Gasteiger partial charge in [0, 0.05) is 22.3 Å². The van der Waals surface area contributed by atoms with E-state index in [1.807, 2.05) is 6.92 Å². The Balaban J connectivity index is 1.55. The third kappa shape index (κ3) is 6.59. The summed E-state index contributed by atoms with van der Waals surface area (Å²) in [6.45, 7) is 2.09. The summed E-state index contributed by atoms with van der Waals surface area (Å²) in [7, 11) is 1.44. The monoisotopic (exact) mass is 563 g/mol. The Hall–Kier alpha value is -4.83. The van der Waals surface area contributed by atoms with Crippen LogP contribution in [0.1, 0.15) is 18.9 Å². The summed E-state index contributed by atoms with van der Waals surface area (Å²) >= 11 is 5.87. The Morgan fingerprint density at radius 2 is 1.73 bits per heavy atom. The smallest absolute Gasteiger partial charge is 0.335 e. The first-order valence-electron chi connectivity index (χ1n) is 12.3. The average molecular weight is 564 g/mol. The predicted molar refractivity (Wildman–Crippen MR) is 150 cm³/mol. The number of barbiturate groups is 1. The van der Waals surface area contributed by atoms with Gasteiger partial charge >= 0.3 is 6.03 Å². The Bertz CT molecular complexity index is 1470. The van der Waals surface area contributed by atoms with Crippen molar-refractivity contribution in [3.63, 3.8) is 0 Å². The van der Waals surface area contributed by atoms with E-state index < -0.39 is 23.8 Å². The molecule has 1 heterocycles. The number of nitrogens with one attached hydrogen (secondary N) is 2. The number of methoxy groups -OCH3 is 1. The van der Waals surface area contributed by atoms with E-state index in [2.05, 4.69) is 10.6 Å². The lowest BCUT2D eigenvalue weighted by Gasteiger charge is -2.27. The fourth-order valence-corrected chi connectivity index (χ4v) is 3.90. The number of hydrogen-bond acceptors (Lipinski definition) is 7. The highest BCUT2D eigenvalue weighted by molar-refractivity contribution is 6.39. The van der Waals surface area contributed by atoms with Crippen LogP contribution in [0.5, 0.6) is 17.2 Å². The quantitative estimate of drug-likeness (QED) is 0.268. The number of nitrogens with zero attached hydrogens (tertiary/aromatic N) is 1. The highest BCUT2D eigenvalue weighted by atomic mass is 35.5.